The number of anilines is 1. The molecule has 0 bridgehead atoms. The number of benzene rings is 1. The molecule has 4 rings (SSSR count). The summed E-state index contributed by atoms with van der Waals surface area (Å²) in [4.78, 5) is 51.1. The molecule has 1 aromatic carbocycles. The van der Waals surface area contributed by atoms with Gasteiger partial charge in [-0.1, -0.05) is 19.9 Å². The number of nitrogens with zero attached hydrogens (tertiary/aromatic N) is 4. The van der Waals surface area contributed by atoms with Crippen LogP contribution in [0.3, 0.4) is 0 Å². The van der Waals surface area contributed by atoms with Gasteiger partial charge in [-0.05, 0) is 50.0 Å². The standard InChI is InChI=1S/C28H34N6O3/c1-3-9-33(10-4-2)27(36)21-13-19-7-8-20(15-24(19)32-25(29)16-21)26(35)31-23-14-22(17-30-18-23)28(37)34-11-5-6-12-34/h7-8,13-15,17-18H,3-6,9-12,16H2,1-2H3,(H2,29,32)(H,31,35). The molecule has 37 heavy (non-hydrogen) atoms. The minimum Gasteiger partial charge on any atom is -0.387 e. The first-order chi connectivity index (χ1) is 17.9. The normalized spacial score (nSPS) is 14.8. The molecule has 2 aliphatic rings. The van der Waals surface area contributed by atoms with Gasteiger partial charge in [-0.3, -0.25) is 19.4 Å². The lowest BCUT2D eigenvalue weighted by Gasteiger charge is -2.22. The lowest BCUT2D eigenvalue weighted by Crippen LogP contribution is -2.34. The Morgan fingerprint density at radius 2 is 1.76 bits per heavy atom. The number of carbonyl (C=O) groups excluding carboxylic acids is 3. The Morgan fingerprint density at radius 3 is 2.46 bits per heavy atom. The number of amides is 3. The van der Waals surface area contributed by atoms with Gasteiger partial charge in [-0.2, -0.15) is 0 Å². The molecule has 0 unspecified atom stereocenters. The van der Waals surface area contributed by atoms with E-state index in [-0.39, 0.29) is 24.1 Å². The van der Waals surface area contributed by atoms with Crippen LogP contribution in [0, 0.1) is 0 Å². The maximum absolute atomic E-state index is 13.2. The molecule has 2 aliphatic heterocycles. The Morgan fingerprint density at radius 1 is 1.03 bits per heavy atom. The fourth-order valence-electron chi connectivity index (χ4n) is 4.66. The SMILES string of the molecule is CCCN(CCC)C(=O)C1=Cc2ccc(C(=O)Nc3cncc(C(=O)N4CCCC4)c3)cc2N=C(N)C1. The van der Waals surface area contributed by atoms with Crippen LogP contribution in [0.1, 0.15) is 72.2 Å². The minimum absolute atomic E-state index is 0.0348. The van der Waals surface area contributed by atoms with Crippen molar-refractivity contribution in [1.29, 1.82) is 0 Å². The highest BCUT2D eigenvalue weighted by molar-refractivity contribution is 6.08. The molecule has 0 saturated carbocycles. The summed E-state index contributed by atoms with van der Waals surface area (Å²) in [7, 11) is 0. The summed E-state index contributed by atoms with van der Waals surface area (Å²) in [5.41, 5.74) is 9.28. The Labute approximate surface area is 217 Å². The average Bonchev–Trinajstić information content (AvgIpc) is 3.37. The fraction of sp³-hybridized carbons (Fsp3) is 0.393. The van der Waals surface area contributed by atoms with Gasteiger partial charge in [-0.15, -0.1) is 0 Å². The molecule has 3 amide bonds. The number of nitrogens with one attached hydrogen (secondary N) is 1. The first kappa shape index (κ1) is 26.1. The van der Waals surface area contributed by atoms with Crippen molar-refractivity contribution in [2.45, 2.75) is 46.0 Å². The molecule has 1 fully saturated rings. The number of rotatable bonds is 8. The molecule has 1 aromatic heterocycles. The van der Waals surface area contributed by atoms with Crippen LogP contribution in [0.25, 0.3) is 6.08 Å². The summed E-state index contributed by atoms with van der Waals surface area (Å²) in [5, 5.41) is 2.82. The number of amidine groups is 1. The zero-order valence-corrected chi connectivity index (χ0v) is 21.5. The van der Waals surface area contributed by atoms with Crippen molar-refractivity contribution in [3.63, 3.8) is 0 Å². The molecule has 0 spiro atoms. The Kier molecular flexibility index (Phi) is 8.32. The van der Waals surface area contributed by atoms with Gasteiger partial charge in [0.1, 0.15) is 5.84 Å². The zero-order chi connectivity index (χ0) is 26.4. The van der Waals surface area contributed by atoms with Gasteiger partial charge in [0.15, 0.2) is 0 Å². The molecular weight excluding hydrogens is 468 g/mol. The molecule has 194 valence electrons. The van der Waals surface area contributed by atoms with Crippen LogP contribution in [0.15, 0.2) is 47.2 Å². The highest BCUT2D eigenvalue weighted by Gasteiger charge is 2.22. The molecule has 1 saturated heterocycles. The number of hydrogen-bond donors (Lipinski definition) is 2. The maximum Gasteiger partial charge on any atom is 0.255 e. The first-order valence-corrected chi connectivity index (χ1v) is 12.9. The third-order valence-corrected chi connectivity index (χ3v) is 6.44. The van der Waals surface area contributed by atoms with Gasteiger partial charge < -0.3 is 20.9 Å². The predicted molar refractivity (Wildman–Crippen MR) is 145 cm³/mol. The van der Waals surface area contributed by atoms with Crippen LogP contribution in [-0.4, -0.2) is 64.5 Å². The summed E-state index contributed by atoms with van der Waals surface area (Å²) in [6.45, 7) is 6.95. The van der Waals surface area contributed by atoms with Crippen LogP contribution < -0.4 is 11.1 Å². The van der Waals surface area contributed by atoms with Crippen molar-refractivity contribution in [2.24, 2.45) is 10.7 Å². The van der Waals surface area contributed by atoms with Gasteiger partial charge in [0.25, 0.3) is 11.8 Å². The molecule has 0 aliphatic carbocycles. The molecule has 3 N–H and O–H groups in total. The molecule has 0 radical (unpaired) electrons. The maximum atomic E-state index is 13.2. The topological polar surface area (TPSA) is 121 Å². The number of carbonyl (C=O) groups is 3. The lowest BCUT2D eigenvalue weighted by molar-refractivity contribution is -0.127. The second-order valence-corrected chi connectivity index (χ2v) is 9.43. The smallest absolute Gasteiger partial charge is 0.255 e. The fourth-order valence-corrected chi connectivity index (χ4v) is 4.66. The highest BCUT2D eigenvalue weighted by atomic mass is 16.2. The first-order valence-electron chi connectivity index (χ1n) is 12.9. The largest absolute Gasteiger partial charge is 0.387 e. The van der Waals surface area contributed by atoms with Crippen LogP contribution in [0.2, 0.25) is 0 Å². The summed E-state index contributed by atoms with van der Waals surface area (Å²) >= 11 is 0. The summed E-state index contributed by atoms with van der Waals surface area (Å²) in [5.74, 6) is -0.149. The average molecular weight is 503 g/mol. The van der Waals surface area contributed by atoms with E-state index in [1.54, 1.807) is 29.2 Å². The Balaban J connectivity index is 1.53. The van der Waals surface area contributed by atoms with E-state index in [2.05, 4.69) is 15.3 Å². The van der Waals surface area contributed by atoms with Gasteiger partial charge in [0.2, 0.25) is 5.91 Å². The van der Waals surface area contributed by atoms with Crippen LogP contribution >= 0.6 is 0 Å². The van der Waals surface area contributed by atoms with E-state index < -0.39 is 0 Å². The number of hydrogen-bond acceptors (Lipinski definition) is 6. The highest BCUT2D eigenvalue weighted by Crippen LogP contribution is 2.29. The number of likely N-dealkylation sites (tertiary alicyclic amines) is 1. The molecular formula is C28H34N6O3. The predicted octanol–water partition coefficient (Wildman–Crippen LogP) is 3.99. The van der Waals surface area contributed by atoms with Crippen LogP contribution in [0.4, 0.5) is 11.4 Å². The van der Waals surface area contributed by atoms with Crippen molar-refractivity contribution in [3.8, 4) is 0 Å². The molecule has 0 atom stereocenters. The summed E-state index contributed by atoms with van der Waals surface area (Å²) in [6, 6.07) is 6.76. The Hall–Kier alpha value is -4.01. The zero-order valence-electron chi connectivity index (χ0n) is 21.5. The van der Waals surface area contributed by atoms with E-state index in [1.807, 2.05) is 24.8 Å². The number of aliphatic imine (C=N–C) groups is 1. The van der Waals surface area contributed by atoms with Gasteiger partial charge in [0, 0.05) is 55.5 Å². The van der Waals surface area contributed by atoms with Gasteiger partial charge in [0.05, 0.1) is 23.1 Å². The third kappa shape index (κ3) is 6.22. The third-order valence-electron chi connectivity index (χ3n) is 6.44. The minimum atomic E-state index is -0.356. The molecule has 9 heteroatoms. The molecule has 9 nitrogen and oxygen atoms in total. The lowest BCUT2D eigenvalue weighted by atomic mass is 10.0. The van der Waals surface area contributed by atoms with Crippen molar-refractivity contribution in [3.05, 3.63) is 58.9 Å². The van der Waals surface area contributed by atoms with E-state index in [9.17, 15) is 14.4 Å². The number of aromatic nitrogens is 1. The molecule has 2 aromatic rings. The van der Waals surface area contributed by atoms with Crippen molar-refractivity contribution in [1.82, 2.24) is 14.8 Å². The van der Waals surface area contributed by atoms with E-state index in [4.69, 9.17) is 5.73 Å². The van der Waals surface area contributed by atoms with Crippen molar-refractivity contribution < 1.29 is 14.4 Å². The quantitative estimate of drug-likeness (QED) is 0.565. The molecule has 3 heterocycles. The van der Waals surface area contributed by atoms with E-state index >= 15 is 0 Å². The van der Waals surface area contributed by atoms with E-state index in [0.29, 0.717) is 47.0 Å². The number of fused-ring (bicyclic) bond motifs is 1. The van der Waals surface area contributed by atoms with Crippen LogP contribution in [-0.2, 0) is 4.79 Å². The van der Waals surface area contributed by atoms with Crippen molar-refractivity contribution >= 4 is 41.0 Å². The number of pyridine rings is 1. The van der Waals surface area contributed by atoms with E-state index in [1.165, 1.54) is 12.4 Å². The second kappa shape index (κ2) is 11.8. The van der Waals surface area contributed by atoms with E-state index in [0.717, 1.165) is 44.3 Å². The Bertz CT molecular complexity index is 1240. The second-order valence-electron chi connectivity index (χ2n) is 9.43. The number of nitrogens with two attached hydrogens (primary N) is 1. The summed E-state index contributed by atoms with van der Waals surface area (Å²) in [6.07, 6.45) is 8.86. The van der Waals surface area contributed by atoms with Crippen molar-refractivity contribution in [2.75, 3.05) is 31.5 Å². The van der Waals surface area contributed by atoms with Gasteiger partial charge in [-0.25, -0.2) is 4.99 Å². The van der Waals surface area contributed by atoms with Gasteiger partial charge >= 0.3 is 0 Å². The van der Waals surface area contributed by atoms with Crippen LogP contribution in [0.5, 0.6) is 0 Å². The monoisotopic (exact) mass is 502 g/mol. The summed E-state index contributed by atoms with van der Waals surface area (Å²) < 4.78 is 0.